The van der Waals surface area contributed by atoms with Gasteiger partial charge < -0.3 is 9.80 Å². The first-order chi connectivity index (χ1) is 11.6. The molecule has 1 aliphatic heterocycles. The summed E-state index contributed by atoms with van der Waals surface area (Å²) in [5, 5.41) is 0.526. The fraction of sp³-hybridized carbons (Fsp3) is 0.211. The van der Waals surface area contributed by atoms with Gasteiger partial charge in [0.2, 0.25) is 0 Å². The number of fused-ring (bicyclic) bond motifs is 2. The Labute approximate surface area is 143 Å². The smallest absolute Gasteiger partial charge is 0.264 e. The fourth-order valence-corrected chi connectivity index (χ4v) is 4.20. The standard InChI is InChI=1S/C19H17FN2OS/c1-21-9-10-22(12-13-5-2-3-7-16(13)21)19(23)18-11-14-15(20)6-4-8-17(14)24-18/h2-8,11H,9-10,12H2,1H3. The van der Waals surface area contributed by atoms with Crippen molar-refractivity contribution in [1.29, 1.82) is 0 Å². The Morgan fingerprint density at radius 2 is 1.96 bits per heavy atom. The van der Waals surface area contributed by atoms with Crippen LogP contribution in [0.5, 0.6) is 0 Å². The zero-order valence-corrected chi connectivity index (χ0v) is 14.1. The molecule has 122 valence electrons. The minimum Gasteiger partial charge on any atom is -0.373 e. The van der Waals surface area contributed by atoms with Crippen molar-refractivity contribution >= 4 is 33.0 Å². The van der Waals surface area contributed by atoms with E-state index in [0.717, 1.165) is 22.5 Å². The summed E-state index contributed by atoms with van der Waals surface area (Å²) in [6.45, 7) is 2.01. The second-order valence-corrected chi connectivity index (χ2v) is 7.12. The summed E-state index contributed by atoms with van der Waals surface area (Å²) in [4.78, 5) is 17.6. The van der Waals surface area contributed by atoms with Crippen molar-refractivity contribution in [3.8, 4) is 0 Å². The molecule has 2 heterocycles. The van der Waals surface area contributed by atoms with Gasteiger partial charge in [-0.1, -0.05) is 24.3 Å². The molecule has 0 saturated heterocycles. The first-order valence-electron chi connectivity index (χ1n) is 7.90. The van der Waals surface area contributed by atoms with Crippen LogP contribution < -0.4 is 4.90 Å². The predicted octanol–water partition coefficient (Wildman–Crippen LogP) is 4.13. The summed E-state index contributed by atoms with van der Waals surface area (Å²) in [6, 6.07) is 14.8. The number of halogens is 1. The molecule has 1 aromatic heterocycles. The molecule has 1 amide bonds. The number of carbonyl (C=O) groups is 1. The Morgan fingerprint density at radius 1 is 1.12 bits per heavy atom. The van der Waals surface area contributed by atoms with E-state index < -0.39 is 0 Å². The predicted molar refractivity (Wildman–Crippen MR) is 96.2 cm³/mol. The number of hydrogen-bond acceptors (Lipinski definition) is 3. The van der Waals surface area contributed by atoms with Crippen LogP contribution in [-0.4, -0.2) is 30.9 Å². The molecule has 0 radical (unpaired) electrons. The van der Waals surface area contributed by atoms with Crippen LogP contribution in [-0.2, 0) is 6.54 Å². The summed E-state index contributed by atoms with van der Waals surface area (Å²) in [5.74, 6) is -0.301. The largest absolute Gasteiger partial charge is 0.373 e. The van der Waals surface area contributed by atoms with Crippen molar-refractivity contribution < 1.29 is 9.18 Å². The molecule has 1 aliphatic rings. The highest BCUT2D eigenvalue weighted by molar-refractivity contribution is 7.20. The second-order valence-electron chi connectivity index (χ2n) is 6.04. The average Bonchev–Trinajstić information content (AvgIpc) is 2.96. The van der Waals surface area contributed by atoms with Gasteiger partial charge in [0.1, 0.15) is 5.82 Å². The first-order valence-corrected chi connectivity index (χ1v) is 8.71. The van der Waals surface area contributed by atoms with Crippen LogP contribution in [0.4, 0.5) is 10.1 Å². The number of amides is 1. The van der Waals surface area contributed by atoms with Crippen molar-refractivity contribution in [2.45, 2.75) is 6.54 Å². The number of hydrogen-bond donors (Lipinski definition) is 0. The lowest BCUT2D eigenvalue weighted by Gasteiger charge is -2.20. The zero-order chi connectivity index (χ0) is 16.7. The number of nitrogens with zero attached hydrogens (tertiary/aromatic N) is 2. The van der Waals surface area contributed by atoms with E-state index >= 15 is 0 Å². The summed E-state index contributed by atoms with van der Waals surface area (Å²) < 4.78 is 14.7. The van der Waals surface area contributed by atoms with Crippen LogP contribution in [0, 0.1) is 5.82 Å². The Balaban J connectivity index is 1.68. The Bertz CT molecular complexity index is 921. The van der Waals surface area contributed by atoms with Gasteiger partial charge in [-0.15, -0.1) is 11.3 Å². The fourth-order valence-electron chi connectivity index (χ4n) is 3.15. The van der Waals surface area contributed by atoms with Crippen LogP contribution in [0.3, 0.4) is 0 Å². The number of benzene rings is 2. The van der Waals surface area contributed by atoms with Crippen molar-refractivity contribution in [3.63, 3.8) is 0 Å². The molecule has 0 saturated carbocycles. The molecular formula is C19H17FN2OS. The van der Waals surface area contributed by atoms with E-state index in [1.165, 1.54) is 17.4 Å². The maximum Gasteiger partial charge on any atom is 0.264 e. The summed E-state index contributed by atoms with van der Waals surface area (Å²) in [6.07, 6.45) is 0. The Hall–Kier alpha value is -2.40. The molecule has 4 rings (SSSR count). The van der Waals surface area contributed by atoms with E-state index in [-0.39, 0.29) is 11.7 Å². The van der Waals surface area contributed by atoms with Gasteiger partial charge in [-0.05, 0) is 29.8 Å². The molecule has 0 bridgehead atoms. The normalized spacial score (nSPS) is 14.6. The summed E-state index contributed by atoms with van der Waals surface area (Å²) >= 11 is 1.36. The highest BCUT2D eigenvalue weighted by Gasteiger charge is 2.23. The van der Waals surface area contributed by atoms with Gasteiger partial charge >= 0.3 is 0 Å². The maximum atomic E-state index is 13.9. The molecule has 0 spiro atoms. The van der Waals surface area contributed by atoms with E-state index in [0.29, 0.717) is 23.4 Å². The maximum absolute atomic E-state index is 13.9. The topological polar surface area (TPSA) is 23.6 Å². The van der Waals surface area contributed by atoms with Gasteiger partial charge in [-0.3, -0.25) is 4.79 Å². The van der Waals surface area contributed by atoms with Crippen molar-refractivity contribution in [1.82, 2.24) is 4.90 Å². The number of rotatable bonds is 1. The molecule has 0 unspecified atom stereocenters. The Kier molecular flexibility index (Phi) is 3.73. The number of para-hydroxylation sites is 1. The molecule has 3 aromatic rings. The second kappa shape index (κ2) is 5.91. The van der Waals surface area contributed by atoms with E-state index in [4.69, 9.17) is 0 Å². The van der Waals surface area contributed by atoms with Gasteiger partial charge in [-0.25, -0.2) is 4.39 Å². The lowest BCUT2D eigenvalue weighted by Crippen LogP contribution is -2.33. The number of likely N-dealkylation sites (N-methyl/N-ethyl adjacent to an activating group) is 1. The molecule has 0 atom stereocenters. The monoisotopic (exact) mass is 340 g/mol. The average molecular weight is 340 g/mol. The van der Waals surface area contributed by atoms with E-state index in [1.807, 2.05) is 30.1 Å². The third kappa shape index (κ3) is 2.55. The highest BCUT2D eigenvalue weighted by atomic mass is 32.1. The molecule has 0 aliphatic carbocycles. The molecule has 2 aromatic carbocycles. The van der Waals surface area contributed by atoms with E-state index in [9.17, 15) is 9.18 Å². The van der Waals surface area contributed by atoms with Gasteiger partial charge in [0.25, 0.3) is 5.91 Å². The van der Waals surface area contributed by atoms with Crippen molar-refractivity contribution in [3.05, 3.63) is 64.8 Å². The van der Waals surface area contributed by atoms with Crippen molar-refractivity contribution in [2.24, 2.45) is 0 Å². The number of anilines is 1. The summed E-state index contributed by atoms with van der Waals surface area (Å²) in [5.41, 5.74) is 2.30. The van der Waals surface area contributed by atoms with Gasteiger partial charge in [0.15, 0.2) is 0 Å². The van der Waals surface area contributed by atoms with Crippen LogP contribution in [0.15, 0.2) is 48.5 Å². The van der Waals surface area contributed by atoms with Gasteiger partial charge in [-0.2, -0.15) is 0 Å². The molecular weight excluding hydrogens is 323 g/mol. The van der Waals surface area contributed by atoms with E-state index in [1.54, 1.807) is 12.1 Å². The minimum atomic E-state index is -0.274. The Morgan fingerprint density at radius 3 is 2.79 bits per heavy atom. The zero-order valence-electron chi connectivity index (χ0n) is 13.3. The lowest BCUT2D eigenvalue weighted by molar-refractivity contribution is 0.0756. The third-order valence-electron chi connectivity index (χ3n) is 4.48. The highest BCUT2D eigenvalue weighted by Crippen LogP contribution is 2.30. The molecule has 0 fully saturated rings. The van der Waals surface area contributed by atoms with Crippen molar-refractivity contribution in [2.75, 3.05) is 25.0 Å². The van der Waals surface area contributed by atoms with Crippen LogP contribution in [0.2, 0.25) is 0 Å². The number of thiophene rings is 1. The lowest BCUT2D eigenvalue weighted by atomic mass is 10.1. The molecule has 3 nitrogen and oxygen atoms in total. The third-order valence-corrected chi connectivity index (χ3v) is 5.56. The number of carbonyl (C=O) groups excluding carboxylic acids is 1. The SMILES string of the molecule is CN1CCN(C(=O)c2cc3c(F)cccc3s2)Cc2ccccc21. The first kappa shape index (κ1) is 15.1. The minimum absolute atomic E-state index is 0.0271. The molecule has 0 N–H and O–H groups in total. The van der Waals surface area contributed by atoms with Gasteiger partial charge in [0, 0.05) is 42.5 Å². The van der Waals surface area contributed by atoms with Crippen LogP contribution in [0.25, 0.3) is 10.1 Å². The van der Waals surface area contributed by atoms with Crippen LogP contribution >= 0.6 is 11.3 Å². The van der Waals surface area contributed by atoms with E-state index in [2.05, 4.69) is 17.0 Å². The van der Waals surface area contributed by atoms with Gasteiger partial charge in [0.05, 0.1) is 4.88 Å². The molecule has 5 heteroatoms. The quantitative estimate of drug-likeness (QED) is 0.665. The summed E-state index contributed by atoms with van der Waals surface area (Å²) in [7, 11) is 2.04. The van der Waals surface area contributed by atoms with Crippen LogP contribution in [0.1, 0.15) is 15.2 Å². The molecule has 24 heavy (non-hydrogen) atoms.